The van der Waals surface area contributed by atoms with E-state index in [1.54, 1.807) is 0 Å². The molecule has 4 atom stereocenters. The van der Waals surface area contributed by atoms with Gasteiger partial charge in [0.05, 0.1) is 12.0 Å². The first kappa shape index (κ1) is 26.6. The van der Waals surface area contributed by atoms with Crippen LogP contribution < -0.4 is 0 Å². The van der Waals surface area contributed by atoms with Crippen LogP contribution in [0.15, 0.2) is 0 Å². The molecule has 2 saturated heterocycles. The van der Waals surface area contributed by atoms with Crippen molar-refractivity contribution in [2.45, 2.75) is 154 Å². The fourth-order valence-corrected chi connectivity index (χ4v) is 4.93. The van der Waals surface area contributed by atoms with E-state index < -0.39 is 0 Å². The maximum Gasteiger partial charge on any atom is 0.313 e. The highest BCUT2D eigenvalue weighted by Gasteiger charge is 2.42. The predicted molar refractivity (Wildman–Crippen MR) is 127 cm³/mol. The second kappa shape index (κ2) is 16.9. The fourth-order valence-electron chi connectivity index (χ4n) is 4.93. The number of carbonyl (C=O) groups is 1. The van der Waals surface area contributed by atoms with Gasteiger partial charge in [-0.3, -0.25) is 4.79 Å². The first-order valence-electron chi connectivity index (χ1n) is 13.7. The number of esters is 1. The Labute approximate surface area is 192 Å². The Morgan fingerprint density at radius 1 is 0.871 bits per heavy atom. The van der Waals surface area contributed by atoms with Gasteiger partial charge in [-0.2, -0.15) is 0 Å². The van der Waals surface area contributed by atoms with E-state index in [4.69, 9.17) is 14.2 Å². The van der Waals surface area contributed by atoms with E-state index in [9.17, 15) is 4.79 Å². The van der Waals surface area contributed by atoms with Crippen LogP contribution in [-0.2, 0) is 19.0 Å². The summed E-state index contributed by atoms with van der Waals surface area (Å²) in [5, 5.41) is 0. The minimum absolute atomic E-state index is 0.000750. The smallest absolute Gasteiger partial charge is 0.313 e. The molecule has 0 aromatic carbocycles. The summed E-state index contributed by atoms with van der Waals surface area (Å²) >= 11 is 0. The van der Waals surface area contributed by atoms with Crippen LogP contribution in [0, 0.1) is 5.92 Å². The second-order valence-electron chi connectivity index (χ2n) is 9.95. The highest BCUT2D eigenvalue weighted by molar-refractivity contribution is 5.78. The average Bonchev–Trinajstić information content (AvgIpc) is 2.76. The Hall–Kier alpha value is -0.610. The summed E-state index contributed by atoms with van der Waals surface area (Å²) in [6.07, 6.45) is 24.3. The van der Waals surface area contributed by atoms with Crippen LogP contribution in [0.1, 0.15) is 136 Å². The van der Waals surface area contributed by atoms with Gasteiger partial charge in [0.25, 0.3) is 0 Å². The molecule has 0 saturated carbocycles. The third-order valence-electron chi connectivity index (χ3n) is 6.97. The molecule has 2 fully saturated rings. The highest BCUT2D eigenvalue weighted by atomic mass is 16.7. The summed E-state index contributed by atoms with van der Waals surface area (Å²) in [5.41, 5.74) is 0. The summed E-state index contributed by atoms with van der Waals surface area (Å²) in [6, 6.07) is 0. The molecule has 0 aromatic rings. The standard InChI is InChI=1S/C27H50O4/c1-3-4-5-6-7-8-9-10-11-12-13-14-15-16-19-24-25(31-27(24)28)22-23(2)30-26-20-17-18-21-29-26/h23-26H,3-22H2,1-2H3. The van der Waals surface area contributed by atoms with Crippen LogP contribution in [0.2, 0.25) is 0 Å². The van der Waals surface area contributed by atoms with Crippen LogP contribution >= 0.6 is 0 Å². The number of rotatable bonds is 19. The molecule has 2 rings (SSSR count). The van der Waals surface area contributed by atoms with Crippen LogP contribution in [0.5, 0.6) is 0 Å². The largest absolute Gasteiger partial charge is 0.461 e. The third kappa shape index (κ3) is 11.7. The lowest BCUT2D eigenvalue weighted by Gasteiger charge is -2.37. The van der Waals surface area contributed by atoms with E-state index in [0.717, 1.165) is 38.7 Å². The minimum Gasteiger partial charge on any atom is -0.461 e. The summed E-state index contributed by atoms with van der Waals surface area (Å²) in [5.74, 6) is 0.0939. The van der Waals surface area contributed by atoms with Crippen molar-refractivity contribution in [3.05, 3.63) is 0 Å². The molecule has 2 aliphatic heterocycles. The van der Waals surface area contributed by atoms with Gasteiger partial charge in [0.1, 0.15) is 6.10 Å². The summed E-state index contributed by atoms with van der Waals surface area (Å²) in [7, 11) is 0. The zero-order valence-electron chi connectivity index (χ0n) is 20.6. The van der Waals surface area contributed by atoms with E-state index in [1.165, 1.54) is 89.9 Å². The van der Waals surface area contributed by atoms with Gasteiger partial charge in [0, 0.05) is 13.0 Å². The minimum atomic E-state index is -0.0660. The van der Waals surface area contributed by atoms with Crippen LogP contribution in [0.3, 0.4) is 0 Å². The lowest BCUT2D eigenvalue weighted by Crippen LogP contribution is -2.47. The van der Waals surface area contributed by atoms with Crippen molar-refractivity contribution >= 4 is 5.97 Å². The second-order valence-corrected chi connectivity index (χ2v) is 9.95. The van der Waals surface area contributed by atoms with Crippen molar-refractivity contribution in [3.8, 4) is 0 Å². The van der Waals surface area contributed by atoms with Gasteiger partial charge in [0.2, 0.25) is 0 Å². The van der Waals surface area contributed by atoms with E-state index in [0.29, 0.717) is 0 Å². The maximum atomic E-state index is 11.9. The van der Waals surface area contributed by atoms with Gasteiger partial charge in [0.15, 0.2) is 6.29 Å². The Bertz CT molecular complexity index is 447. The Kier molecular flexibility index (Phi) is 14.6. The molecule has 4 unspecified atom stereocenters. The molecular weight excluding hydrogens is 388 g/mol. The molecule has 0 aliphatic carbocycles. The number of hydrogen-bond donors (Lipinski definition) is 0. The fraction of sp³-hybridized carbons (Fsp3) is 0.963. The predicted octanol–water partition coefficient (Wildman–Crippen LogP) is 7.72. The molecule has 182 valence electrons. The molecule has 0 amide bonds. The van der Waals surface area contributed by atoms with Crippen LogP contribution in [0.25, 0.3) is 0 Å². The highest BCUT2D eigenvalue weighted by Crippen LogP contribution is 2.32. The molecule has 0 aromatic heterocycles. The molecule has 4 nitrogen and oxygen atoms in total. The van der Waals surface area contributed by atoms with Gasteiger partial charge in [-0.25, -0.2) is 0 Å². The molecule has 2 heterocycles. The van der Waals surface area contributed by atoms with Crippen molar-refractivity contribution in [1.29, 1.82) is 0 Å². The molecule has 31 heavy (non-hydrogen) atoms. The quantitative estimate of drug-likeness (QED) is 0.153. The zero-order valence-corrected chi connectivity index (χ0v) is 20.6. The Balaban J connectivity index is 1.39. The van der Waals surface area contributed by atoms with E-state index in [2.05, 4.69) is 13.8 Å². The van der Waals surface area contributed by atoms with Crippen LogP contribution in [-0.4, -0.2) is 31.1 Å². The van der Waals surface area contributed by atoms with Crippen LogP contribution in [0.4, 0.5) is 0 Å². The van der Waals surface area contributed by atoms with Gasteiger partial charge in [-0.1, -0.05) is 96.8 Å². The van der Waals surface area contributed by atoms with E-state index in [-0.39, 0.29) is 30.4 Å². The molecule has 0 spiro atoms. The average molecular weight is 439 g/mol. The number of ether oxygens (including phenoxy) is 3. The Morgan fingerprint density at radius 3 is 1.97 bits per heavy atom. The van der Waals surface area contributed by atoms with E-state index in [1.807, 2.05) is 0 Å². The lowest BCUT2D eigenvalue weighted by molar-refractivity contribution is -0.207. The molecular formula is C27H50O4. The molecule has 0 N–H and O–H groups in total. The number of cyclic esters (lactones) is 1. The number of carbonyl (C=O) groups excluding carboxylic acids is 1. The zero-order chi connectivity index (χ0) is 22.2. The van der Waals surface area contributed by atoms with Crippen molar-refractivity contribution in [1.82, 2.24) is 0 Å². The van der Waals surface area contributed by atoms with Crippen molar-refractivity contribution in [2.75, 3.05) is 6.61 Å². The molecule has 0 radical (unpaired) electrons. The first-order valence-corrected chi connectivity index (χ1v) is 13.7. The van der Waals surface area contributed by atoms with Gasteiger partial charge >= 0.3 is 5.97 Å². The first-order chi connectivity index (χ1) is 15.2. The summed E-state index contributed by atoms with van der Waals surface area (Å²) < 4.78 is 17.1. The Morgan fingerprint density at radius 2 is 1.45 bits per heavy atom. The summed E-state index contributed by atoms with van der Waals surface area (Å²) in [4.78, 5) is 11.9. The molecule has 0 bridgehead atoms. The number of unbranched alkanes of at least 4 members (excludes halogenated alkanes) is 13. The van der Waals surface area contributed by atoms with Crippen molar-refractivity contribution in [2.24, 2.45) is 5.92 Å². The van der Waals surface area contributed by atoms with Crippen molar-refractivity contribution in [3.63, 3.8) is 0 Å². The van der Waals surface area contributed by atoms with Gasteiger partial charge in [-0.05, 0) is 32.6 Å². The molecule has 2 aliphatic rings. The van der Waals surface area contributed by atoms with Gasteiger partial charge in [-0.15, -0.1) is 0 Å². The van der Waals surface area contributed by atoms with E-state index >= 15 is 0 Å². The molecule has 4 heteroatoms. The normalized spacial score (nSPS) is 24.6. The topological polar surface area (TPSA) is 44.8 Å². The SMILES string of the molecule is CCCCCCCCCCCCCCCCC1C(=O)OC1CC(C)OC1CCCCO1. The summed E-state index contributed by atoms with van der Waals surface area (Å²) in [6.45, 7) is 5.16. The number of hydrogen-bond acceptors (Lipinski definition) is 4. The third-order valence-corrected chi connectivity index (χ3v) is 6.97. The lowest BCUT2D eigenvalue weighted by atomic mass is 9.87. The maximum absolute atomic E-state index is 11.9. The van der Waals surface area contributed by atoms with Crippen molar-refractivity contribution < 1.29 is 19.0 Å². The monoisotopic (exact) mass is 438 g/mol. The van der Waals surface area contributed by atoms with Gasteiger partial charge < -0.3 is 14.2 Å².